The maximum Gasteiger partial charge on any atom is 0.224 e. The molecule has 0 radical (unpaired) electrons. The molecule has 4 nitrogen and oxygen atoms in total. The highest BCUT2D eigenvalue weighted by Gasteiger charge is 2.10. The van der Waals surface area contributed by atoms with Gasteiger partial charge < -0.3 is 14.8 Å². The fourth-order valence-corrected chi connectivity index (χ4v) is 2.80. The Morgan fingerprint density at radius 2 is 1.72 bits per heavy atom. The largest absolute Gasteiger partial charge is 0.497 e. The van der Waals surface area contributed by atoms with Crippen molar-refractivity contribution in [3.05, 3.63) is 71.8 Å². The smallest absolute Gasteiger partial charge is 0.224 e. The van der Waals surface area contributed by atoms with Crippen molar-refractivity contribution < 1.29 is 14.3 Å². The number of nitrogens with one attached hydrogen (secondary N) is 1. The zero-order valence-corrected chi connectivity index (χ0v) is 14.4. The third kappa shape index (κ3) is 4.10. The van der Waals surface area contributed by atoms with E-state index in [9.17, 15) is 4.79 Å². The van der Waals surface area contributed by atoms with Crippen LogP contribution in [0.2, 0.25) is 0 Å². The summed E-state index contributed by atoms with van der Waals surface area (Å²) >= 11 is 0. The summed E-state index contributed by atoms with van der Waals surface area (Å²) in [5.41, 5.74) is 1.88. The van der Waals surface area contributed by atoms with Gasteiger partial charge >= 0.3 is 0 Å². The average molecular weight is 335 g/mol. The summed E-state index contributed by atoms with van der Waals surface area (Å²) < 4.78 is 10.5. The molecule has 0 spiro atoms. The molecule has 0 heterocycles. The van der Waals surface area contributed by atoms with Crippen LogP contribution in [0.1, 0.15) is 11.1 Å². The maximum atomic E-state index is 12.3. The predicted molar refractivity (Wildman–Crippen MR) is 99.0 cm³/mol. The van der Waals surface area contributed by atoms with Crippen molar-refractivity contribution in [2.75, 3.05) is 14.2 Å². The molecule has 1 amide bonds. The number of carbonyl (C=O) groups is 1. The Kier molecular flexibility index (Phi) is 5.19. The zero-order valence-electron chi connectivity index (χ0n) is 14.4. The van der Waals surface area contributed by atoms with Gasteiger partial charge in [0, 0.05) is 12.1 Å². The third-order valence-electron chi connectivity index (χ3n) is 4.14. The van der Waals surface area contributed by atoms with Crippen LogP contribution in [0.4, 0.5) is 0 Å². The summed E-state index contributed by atoms with van der Waals surface area (Å²) in [7, 11) is 3.20. The fraction of sp³-hybridized carbons (Fsp3) is 0.190. The van der Waals surface area contributed by atoms with Crippen LogP contribution in [0.3, 0.4) is 0 Å². The highest BCUT2D eigenvalue weighted by Crippen LogP contribution is 2.24. The van der Waals surface area contributed by atoms with E-state index in [1.165, 1.54) is 10.8 Å². The molecule has 0 aliphatic rings. The van der Waals surface area contributed by atoms with Gasteiger partial charge in [-0.25, -0.2) is 0 Å². The number of carbonyl (C=O) groups excluding carboxylic acids is 1. The van der Waals surface area contributed by atoms with Crippen molar-refractivity contribution in [1.82, 2.24) is 5.32 Å². The van der Waals surface area contributed by atoms with Gasteiger partial charge in [-0.1, -0.05) is 36.4 Å². The second-order valence-corrected chi connectivity index (χ2v) is 5.81. The van der Waals surface area contributed by atoms with E-state index < -0.39 is 0 Å². The Balaban J connectivity index is 1.66. The molecule has 0 aliphatic carbocycles. The monoisotopic (exact) mass is 335 g/mol. The Morgan fingerprint density at radius 3 is 2.48 bits per heavy atom. The van der Waals surface area contributed by atoms with Gasteiger partial charge in [-0.05, 0) is 40.6 Å². The lowest BCUT2D eigenvalue weighted by Gasteiger charge is -2.11. The first kappa shape index (κ1) is 16.8. The molecule has 0 saturated heterocycles. The van der Waals surface area contributed by atoms with Gasteiger partial charge in [0.2, 0.25) is 5.91 Å². The van der Waals surface area contributed by atoms with E-state index in [2.05, 4.69) is 29.6 Å². The first-order chi connectivity index (χ1) is 12.2. The third-order valence-corrected chi connectivity index (χ3v) is 4.14. The number of fused-ring (bicyclic) bond motifs is 1. The van der Waals surface area contributed by atoms with Gasteiger partial charge in [-0.2, -0.15) is 0 Å². The lowest BCUT2D eigenvalue weighted by Crippen LogP contribution is -2.24. The van der Waals surface area contributed by atoms with E-state index in [-0.39, 0.29) is 12.3 Å². The maximum absolute atomic E-state index is 12.3. The topological polar surface area (TPSA) is 47.6 Å². The number of rotatable bonds is 6. The molecule has 4 heteroatoms. The van der Waals surface area contributed by atoms with Crippen molar-refractivity contribution in [3.63, 3.8) is 0 Å². The van der Waals surface area contributed by atoms with Crippen LogP contribution in [0.15, 0.2) is 60.7 Å². The minimum atomic E-state index is -0.0558. The zero-order chi connectivity index (χ0) is 17.6. The van der Waals surface area contributed by atoms with E-state index in [1.54, 1.807) is 14.2 Å². The second kappa shape index (κ2) is 7.71. The number of hydrogen-bond donors (Lipinski definition) is 1. The van der Waals surface area contributed by atoms with Gasteiger partial charge in [0.15, 0.2) is 0 Å². The lowest BCUT2D eigenvalue weighted by atomic mass is 10.1. The number of amides is 1. The molecule has 0 unspecified atom stereocenters. The fourth-order valence-electron chi connectivity index (χ4n) is 2.80. The average Bonchev–Trinajstić information content (AvgIpc) is 2.66. The first-order valence-electron chi connectivity index (χ1n) is 8.15. The molecule has 3 aromatic rings. The van der Waals surface area contributed by atoms with Gasteiger partial charge in [-0.15, -0.1) is 0 Å². The molecule has 0 atom stereocenters. The highest BCUT2D eigenvalue weighted by molar-refractivity contribution is 5.83. The molecule has 1 N–H and O–H groups in total. The normalized spacial score (nSPS) is 10.5. The minimum absolute atomic E-state index is 0.0558. The van der Waals surface area contributed by atoms with E-state index in [0.29, 0.717) is 18.0 Å². The Labute approximate surface area is 147 Å². The van der Waals surface area contributed by atoms with Crippen molar-refractivity contribution in [2.45, 2.75) is 13.0 Å². The summed E-state index contributed by atoms with van der Waals surface area (Å²) in [4.78, 5) is 12.3. The van der Waals surface area contributed by atoms with E-state index in [4.69, 9.17) is 9.47 Å². The van der Waals surface area contributed by atoms with Crippen LogP contribution >= 0.6 is 0 Å². The molecular weight excluding hydrogens is 314 g/mol. The number of hydrogen-bond acceptors (Lipinski definition) is 3. The molecule has 25 heavy (non-hydrogen) atoms. The summed E-state index contributed by atoms with van der Waals surface area (Å²) in [6.07, 6.45) is 0.244. The van der Waals surface area contributed by atoms with Gasteiger partial charge in [0.05, 0.1) is 20.6 Å². The Hall–Kier alpha value is -3.01. The molecule has 3 rings (SSSR count). The van der Waals surface area contributed by atoms with Crippen LogP contribution in [-0.2, 0) is 17.8 Å². The van der Waals surface area contributed by atoms with Crippen LogP contribution in [0.25, 0.3) is 10.8 Å². The lowest BCUT2D eigenvalue weighted by molar-refractivity contribution is -0.120. The minimum Gasteiger partial charge on any atom is -0.497 e. The number of ether oxygens (including phenoxy) is 2. The molecule has 0 aliphatic heterocycles. The van der Waals surface area contributed by atoms with E-state index in [0.717, 1.165) is 11.1 Å². The van der Waals surface area contributed by atoms with Gasteiger partial charge in [0.25, 0.3) is 0 Å². The number of benzene rings is 3. The van der Waals surface area contributed by atoms with Crippen molar-refractivity contribution >= 4 is 16.7 Å². The van der Waals surface area contributed by atoms with Crippen LogP contribution < -0.4 is 14.8 Å². The van der Waals surface area contributed by atoms with Crippen molar-refractivity contribution in [3.8, 4) is 11.5 Å². The molecule has 0 aromatic heterocycles. The van der Waals surface area contributed by atoms with E-state index >= 15 is 0 Å². The summed E-state index contributed by atoms with van der Waals surface area (Å²) in [5, 5.41) is 5.33. The molecule has 3 aromatic carbocycles. The van der Waals surface area contributed by atoms with Gasteiger partial charge in [0.1, 0.15) is 11.5 Å². The van der Waals surface area contributed by atoms with Crippen LogP contribution in [-0.4, -0.2) is 20.1 Å². The number of methoxy groups -OCH3 is 2. The molecule has 0 bridgehead atoms. The van der Waals surface area contributed by atoms with Crippen molar-refractivity contribution in [1.29, 1.82) is 0 Å². The van der Waals surface area contributed by atoms with Crippen LogP contribution in [0.5, 0.6) is 11.5 Å². The predicted octanol–water partition coefficient (Wildman–Crippen LogP) is 3.72. The molecular formula is C21H21NO3. The molecule has 0 fully saturated rings. The summed E-state index contributed by atoms with van der Waals surface area (Å²) in [5.74, 6) is 1.33. The SMILES string of the molecule is COc1ccc(OC)c(CC(=O)NCc2ccc3ccccc3c2)c1. The first-order valence-corrected chi connectivity index (χ1v) is 8.15. The Bertz CT molecular complexity index is 889. The standard InChI is InChI=1S/C21H21NO3/c1-24-19-9-10-20(25-2)18(12-19)13-21(23)22-14-15-7-8-16-5-3-4-6-17(16)11-15/h3-12H,13-14H2,1-2H3,(H,22,23). The van der Waals surface area contributed by atoms with Gasteiger partial charge in [-0.3, -0.25) is 4.79 Å². The highest BCUT2D eigenvalue weighted by atomic mass is 16.5. The van der Waals surface area contributed by atoms with Crippen LogP contribution in [0, 0.1) is 0 Å². The van der Waals surface area contributed by atoms with Crippen molar-refractivity contribution in [2.24, 2.45) is 0 Å². The summed E-state index contributed by atoms with van der Waals surface area (Å²) in [6.45, 7) is 0.496. The Morgan fingerprint density at radius 1 is 0.920 bits per heavy atom. The molecule has 128 valence electrons. The quantitative estimate of drug-likeness (QED) is 0.747. The second-order valence-electron chi connectivity index (χ2n) is 5.81. The summed E-state index contributed by atoms with van der Waals surface area (Å²) in [6, 6.07) is 19.8. The van der Waals surface area contributed by atoms with E-state index in [1.807, 2.05) is 36.4 Å². The molecule has 0 saturated carbocycles.